The molecule has 0 atom stereocenters. The normalized spacial score (nSPS) is 10.9. The number of nitriles is 1. The smallest absolute Gasteiger partial charge is 0.267 e. The van der Waals surface area contributed by atoms with Crippen LogP contribution in [0.15, 0.2) is 30.0 Å². The number of hydrogen-bond acceptors (Lipinski definition) is 5. The summed E-state index contributed by atoms with van der Waals surface area (Å²) in [6, 6.07) is 6.96. The number of nitrogens with zero attached hydrogens (tertiary/aromatic N) is 1. The van der Waals surface area contributed by atoms with Crippen molar-refractivity contribution in [1.82, 2.24) is 5.32 Å². The fourth-order valence-corrected chi connectivity index (χ4v) is 1.71. The second-order valence-corrected chi connectivity index (χ2v) is 4.81. The molecule has 0 aliphatic rings. The number of carbonyl (C=O) groups is 1. The molecule has 0 bridgehead atoms. The Hall–Kier alpha value is -2.07. The van der Waals surface area contributed by atoms with E-state index in [4.69, 9.17) is 26.7 Å². The highest BCUT2D eigenvalue weighted by Gasteiger charge is 2.10. The van der Waals surface area contributed by atoms with Crippen LogP contribution in [0.3, 0.4) is 0 Å². The minimum absolute atomic E-state index is 0.0410. The number of ether oxygens (including phenoxy) is 1. The highest BCUT2D eigenvalue weighted by atomic mass is 35.5. The number of benzene rings is 1. The first kappa shape index (κ1) is 18.0. The summed E-state index contributed by atoms with van der Waals surface area (Å²) in [7, 11) is 0. The van der Waals surface area contributed by atoms with Gasteiger partial charge in [-0.1, -0.05) is 17.7 Å². The molecule has 1 amide bonds. The van der Waals surface area contributed by atoms with Crippen molar-refractivity contribution >= 4 is 23.2 Å². The van der Waals surface area contributed by atoms with Gasteiger partial charge in [-0.05, 0) is 24.6 Å². The predicted molar refractivity (Wildman–Crippen MR) is 84.4 cm³/mol. The number of aryl methyl sites for hydroxylation is 1. The number of rotatable bonds is 8. The van der Waals surface area contributed by atoms with Crippen LogP contribution in [0.25, 0.3) is 0 Å². The molecule has 1 rings (SSSR count). The average Bonchev–Trinajstić information content (AvgIpc) is 2.50. The lowest BCUT2D eigenvalue weighted by molar-refractivity contribution is -0.112. The molecule has 0 saturated carbocycles. The number of aliphatic hydroxyl groups excluding tert-OH is 1. The Kier molecular flexibility index (Phi) is 8.00. The molecule has 0 heterocycles. The Morgan fingerprint density at radius 2 is 2.27 bits per heavy atom. The second kappa shape index (κ2) is 9.79. The zero-order valence-electron chi connectivity index (χ0n) is 12.2. The van der Waals surface area contributed by atoms with Crippen molar-refractivity contribution in [3.05, 3.63) is 40.6 Å². The van der Waals surface area contributed by atoms with Crippen molar-refractivity contribution in [3.63, 3.8) is 0 Å². The van der Waals surface area contributed by atoms with Crippen LogP contribution < -0.4 is 10.6 Å². The number of amides is 1. The third-order valence-corrected chi connectivity index (χ3v) is 2.92. The highest BCUT2D eigenvalue weighted by molar-refractivity contribution is 6.31. The van der Waals surface area contributed by atoms with Gasteiger partial charge in [0.1, 0.15) is 11.6 Å². The monoisotopic (exact) mass is 323 g/mol. The van der Waals surface area contributed by atoms with E-state index in [0.29, 0.717) is 23.9 Å². The third-order valence-electron chi connectivity index (χ3n) is 2.69. The average molecular weight is 324 g/mol. The quantitative estimate of drug-likeness (QED) is 0.384. The van der Waals surface area contributed by atoms with Crippen molar-refractivity contribution in [2.45, 2.75) is 6.92 Å². The summed E-state index contributed by atoms with van der Waals surface area (Å²) < 4.78 is 5.04. The molecule has 22 heavy (non-hydrogen) atoms. The molecule has 0 saturated heterocycles. The van der Waals surface area contributed by atoms with E-state index < -0.39 is 5.91 Å². The maximum Gasteiger partial charge on any atom is 0.267 e. The molecule has 0 fully saturated rings. The van der Waals surface area contributed by atoms with Crippen LogP contribution in [0.4, 0.5) is 5.69 Å². The number of anilines is 1. The fraction of sp³-hybridized carbons (Fsp3) is 0.333. The molecule has 1 aromatic rings. The number of hydrogen-bond donors (Lipinski definition) is 3. The molecule has 6 nitrogen and oxygen atoms in total. The molecule has 0 unspecified atom stereocenters. The highest BCUT2D eigenvalue weighted by Crippen LogP contribution is 2.20. The van der Waals surface area contributed by atoms with Crippen molar-refractivity contribution in [1.29, 1.82) is 5.26 Å². The van der Waals surface area contributed by atoms with Crippen LogP contribution >= 0.6 is 11.6 Å². The van der Waals surface area contributed by atoms with Crippen molar-refractivity contribution in [3.8, 4) is 6.07 Å². The van der Waals surface area contributed by atoms with Crippen LogP contribution in [0.2, 0.25) is 5.02 Å². The molecular weight excluding hydrogens is 306 g/mol. The molecule has 7 heteroatoms. The summed E-state index contributed by atoms with van der Waals surface area (Å²) in [6.07, 6.45) is 1.33. The topological polar surface area (TPSA) is 94.4 Å². The summed E-state index contributed by atoms with van der Waals surface area (Å²) in [5.41, 5.74) is 1.35. The zero-order valence-corrected chi connectivity index (χ0v) is 13.0. The predicted octanol–water partition coefficient (Wildman–Crippen LogP) is 1.59. The summed E-state index contributed by atoms with van der Waals surface area (Å²) in [4.78, 5) is 12.0. The first-order valence-corrected chi connectivity index (χ1v) is 7.06. The molecule has 1 aromatic carbocycles. The van der Waals surface area contributed by atoms with Crippen LogP contribution in [-0.2, 0) is 9.53 Å². The van der Waals surface area contributed by atoms with Gasteiger partial charge in [0.05, 0.1) is 19.8 Å². The van der Waals surface area contributed by atoms with Crippen molar-refractivity contribution in [2.75, 3.05) is 31.7 Å². The van der Waals surface area contributed by atoms with Gasteiger partial charge >= 0.3 is 0 Å². The number of carbonyl (C=O) groups excluding carboxylic acids is 1. The SMILES string of the molecule is Cc1ccc(Cl)cc1NC(=O)/C(C#N)=C\NCCOCCO. The maximum atomic E-state index is 12.0. The molecule has 3 N–H and O–H groups in total. The van der Waals surface area contributed by atoms with Crippen molar-refractivity contribution in [2.24, 2.45) is 0 Å². The number of halogens is 1. The molecule has 0 aromatic heterocycles. The summed E-state index contributed by atoms with van der Waals surface area (Å²) >= 11 is 5.88. The molecule has 0 radical (unpaired) electrons. The summed E-state index contributed by atoms with van der Waals surface area (Å²) in [6.45, 7) is 2.84. The van der Waals surface area contributed by atoms with Gasteiger partial charge in [0, 0.05) is 23.5 Å². The van der Waals surface area contributed by atoms with Gasteiger partial charge in [-0.3, -0.25) is 4.79 Å². The van der Waals surface area contributed by atoms with Crippen LogP contribution in [0, 0.1) is 18.3 Å². The molecule has 118 valence electrons. The molecular formula is C15H18ClN3O3. The van der Waals surface area contributed by atoms with Crippen LogP contribution in [-0.4, -0.2) is 37.4 Å². The Morgan fingerprint density at radius 3 is 2.95 bits per heavy atom. The van der Waals surface area contributed by atoms with Gasteiger partial charge in [-0.15, -0.1) is 0 Å². The Bertz CT molecular complexity index is 582. The first-order chi connectivity index (χ1) is 10.6. The second-order valence-electron chi connectivity index (χ2n) is 4.37. The lowest BCUT2D eigenvalue weighted by Crippen LogP contribution is -2.20. The zero-order chi connectivity index (χ0) is 16.4. The standard InChI is InChI=1S/C15H18ClN3O3/c1-11-2-3-13(16)8-14(11)19-15(21)12(9-17)10-18-4-6-22-7-5-20/h2-3,8,10,18,20H,4-7H2,1H3,(H,19,21)/b12-10-. The van der Waals surface area contributed by atoms with Crippen molar-refractivity contribution < 1.29 is 14.6 Å². The Morgan fingerprint density at radius 1 is 1.50 bits per heavy atom. The first-order valence-electron chi connectivity index (χ1n) is 6.68. The van der Waals surface area contributed by atoms with E-state index in [2.05, 4.69) is 10.6 Å². The van der Waals surface area contributed by atoms with Gasteiger partial charge in [0.15, 0.2) is 0 Å². The minimum atomic E-state index is -0.517. The third kappa shape index (κ3) is 6.14. The van der Waals surface area contributed by atoms with Crippen LogP contribution in [0.5, 0.6) is 0 Å². The summed E-state index contributed by atoms with van der Waals surface area (Å²) in [5.74, 6) is -0.517. The van der Waals surface area contributed by atoms with E-state index in [9.17, 15) is 4.79 Å². The van der Waals surface area contributed by atoms with Gasteiger partial charge < -0.3 is 20.5 Å². The van der Waals surface area contributed by atoms with Gasteiger partial charge in [-0.25, -0.2) is 0 Å². The van der Waals surface area contributed by atoms with E-state index in [0.717, 1.165) is 5.56 Å². The van der Waals surface area contributed by atoms with E-state index >= 15 is 0 Å². The van der Waals surface area contributed by atoms with Gasteiger partial charge in [0.25, 0.3) is 5.91 Å². The van der Waals surface area contributed by atoms with E-state index in [-0.39, 0.29) is 18.8 Å². The Labute approximate surface area is 134 Å². The number of nitrogens with one attached hydrogen (secondary N) is 2. The van der Waals surface area contributed by atoms with E-state index in [1.807, 2.05) is 13.0 Å². The van der Waals surface area contributed by atoms with E-state index in [1.165, 1.54) is 6.20 Å². The Balaban J connectivity index is 2.57. The molecule has 0 aliphatic heterocycles. The van der Waals surface area contributed by atoms with Crippen LogP contribution in [0.1, 0.15) is 5.56 Å². The lowest BCUT2D eigenvalue weighted by Gasteiger charge is -2.08. The van der Waals surface area contributed by atoms with Gasteiger partial charge in [0.2, 0.25) is 0 Å². The number of aliphatic hydroxyl groups is 1. The molecule has 0 aliphatic carbocycles. The maximum absolute atomic E-state index is 12.0. The molecule has 0 spiro atoms. The fourth-order valence-electron chi connectivity index (χ4n) is 1.54. The van der Waals surface area contributed by atoms with E-state index in [1.54, 1.807) is 18.2 Å². The summed E-state index contributed by atoms with van der Waals surface area (Å²) in [5, 5.41) is 23.5. The van der Waals surface area contributed by atoms with Gasteiger partial charge in [-0.2, -0.15) is 5.26 Å². The minimum Gasteiger partial charge on any atom is -0.394 e. The lowest BCUT2D eigenvalue weighted by atomic mass is 10.2. The largest absolute Gasteiger partial charge is 0.394 e.